The lowest BCUT2D eigenvalue weighted by Gasteiger charge is -2.29. The molecular weight excluding hydrogens is 637 g/mol. The van der Waals surface area contributed by atoms with E-state index in [2.05, 4.69) is 204 Å². The van der Waals surface area contributed by atoms with Crippen LogP contribution in [0.2, 0.25) is 0 Å². The van der Waals surface area contributed by atoms with Gasteiger partial charge in [-0.1, -0.05) is 146 Å². The zero-order valence-electron chi connectivity index (χ0n) is 27.8. The van der Waals surface area contributed by atoms with Crippen molar-refractivity contribution in [1.82, 2.24) is 4.57 Å². The quantitative estimate of drug-likeness (QED) is 0.171. The number of hydrogen-bond acceptors (Lipinski definition) is 2. The van der Waals surface area contributed by atoms with Crippen LogP contribution in [0.4, 0.5) is 17.1 Å². The number of benzene rings is 8. The Kier molecular flexibility index (Phi) is 7.04. The molecule has 10 aromatic rings. The van der Waals surface area contributed by atoms with E-state index in [1.54, 1.807) is 0 Å². The zero-order valence-corrected chi connectivity index (χ0v) is 28.6. The molecule has 0 atom stereocenters. The first-order valence-corrected chi connectivity index (χ1v) is 18.2. The van der Waals surface area contributed by atoms with Crippen molar-refractivity contribution in [2.24, 2.45) is 0 Å². The number of para-hydroxylation sites is 3. The molecule has 0 radical (unpaired) electrons. The van der Waals surface area contributed by atoms with E-state index in [0.717, 1.165) is 22.7 Å². The highest BCUT2D eigenvalue weighted by Crippen LogP contribution is 2.48. The SMILES string of the molecule is c1ccc(-c2ccccc2N(c2ccc3c(c2)sc2ccccc23)c2cccc3c4c(-c5ccccc5)cccc4n(-c4ccccc4)c23)cc1. The smallest absolute Gasteiger partial charge is 0.0782 e. The first-order chi connectivity index (χ1) is 25.3. The minimum atomic E-state index is 1.12. The largest absolute Gasteiger partial charge is 0.308 e. The van der Waals surface area contributed by atoms with Gasteiger partial charge in [0.1, 0.15) is 0 Å². The standard InChI is InChI=1S/C48H32N2S/c1-4-16-33(17-5-1)37-22-10-12-26-42(37)49(36-30-31-40-39-23-11-13-29-45(39)51-46(40)32-36)44-28-15-25-41-47-38(34-18-6-2-7-19-34)24-14-27-43(47)50(48(41)44)35-20-8-3-9-21-35/h1-32H. The van der Waals surface area contributed by atoms with E-state index in [0.29, 0.717) is 0 Å². The van der Waals surface area contributed by atoms with E-state index in [1.807, 2.05) is 11.3 Å². The average Bonchev–Trinajstić information content (AvgIpc) is 3.75. The van der Waals surface area contributed by atoms with E-state index >= 15 is 0 Å². The molecule has 8 aromatic carbocycles. The lowest BCUT2D eigenvalue weighted by atomic mass is 9.98. The van der Waals surface area contributed by atoms with Gasteiger partial charge in [-0.05, 0) is 65.2 Å². The molecule has 0 aliphatic carbocycles. The van der Waals surface area contributed by atoms with Crippen molar-refractivity contribution in [3.8, 4) is 27.9 Å². The molecule has 0 fully saturated rings. The number of rotatable bonds is 6. The molecule has 2 heterocycles. The van der Waals surface area contributed by atoms with E-state index in [4.69, 9.17) is 0 Å². The van der Waals surface area contributed by atoms with Crippen LogP contribution in [-0.4, -0.2) is 4.57 Å². The van der Waals surface area contributed by atoms with Crippen LogP contribution in [0.5, 0.6) is 0 Å². The van der Waals surface area contributed by atoms with Crippen molar-refractivity contribution in [2.45, 2.75) is 0 Å². The number of fused-ring (bicyclic) bond motifs is 6. The molecule has 0 N–H and O–H groups in total. The molecule has 0 saturated carbocycles. The van der Waals surface area contributed by atoms with Crippen LogP contribution >= 0.6 is 11.3 Å². The second-order valence-electron chi connectivity index (χ2n) is 12.9. The number of nitrogens with zero attached hydrogens (tertiary/aromatic N) is 2. The molecule has 0 unspecified atom stereocenters. The zero-order chi connectivity index (χ0) is 33.7. The fourth-order valence-corrected chi connectivity index (χ4v) is 8.91. The van der Waals surface area contributed by atoms with Crippen molar-refractivity contribution in [2.75, 3.05) is 4.90 Å². The predicted molar refractivity (Wildman–Crippen MR) is 219 cm³/mol. The highest BCUT2D eigenvalue weighted by molar-refractivity contribution is 7.25. The third-order valence-corrected chi connectivity index (χ3v) is 11.1. The summed E-state index contributed by atoms with van der Waals surface area (Å²) in [7, 11) is 0. The monoisotopic (exact) mass is 668 g/mol. The average molecular weight is 669 g/mol. The highest BCUT2D eigenvalue weighted by Gasteiger charge is 2.25. The summed E-state index contributed by atoms with van der Waals surface area (Å²) >= 11 is 1.86. The van der Waals surface area contributed by atoms with Crippen molar-refractivity contribution < 1.29 is 0 Å². The summed E-state index contributed by atoms with van der Waals surface area (Å²) in [4.78, 5) is 2.48. The predicted octanol–water partition coefficient (Wildman–Crippen LogP) is 14.0. The molecule has 0 spiro atoms. The van der Waals surface area contributed by atoms with E-state index in [-0.39, 0.29) is 0 Å². The van der Waals surface area contributed by atoms with Crippen LogP contribution in [0.25, 0.3) is 69.9 Å². The summed E-state index contributed by atoms with van der Waals surface area (Å²) < 4.78 is 5.04. The fraction of sp³-hybridized carbons (Fsp3) is 0. The molecule has 0 bridgehead atoms. The van der Waals surface area contributed by atoms with Gasteiger partial charge in [-0.2, -0.15) is 0 Å². The van der Waals surface area contributed by atoms with Gasteiger partial charge in [-0.15, -0.1) is 11.3 Å². The summed E-state index contributed by atoms with van der Waals surface area (Å²) in [6, 6.07) is 70.4. The Hall–Kier alpha value is -6.42. The van der Waals surface area contributed by atoms with Crippen LogP contribution < -0.4 is 4.90 Å². The van der Waals surface area contributed by atoms with E-state index < -0.39 is 0 Å². The first kappa shape index (κ1) is 29.5. The van der Waals surface area contributed by atoms with Gasteiger partial charge < -0.3 is 9.47 Å². The lowest BCUT2D eigenvalue weighted by molar-refractivity contribution is 1.17. The minimum Gasteiger partial charge on any atom is -0.308 e. The van der Waals surface area contributed by atoms with Crippen LogP contribution in [0.3, 0.4) is 0 Å². The van der Waals surface area contributed by atoms with E-state index in [9.17, 15) is 0 Å². The normalized spacial score (nSPS) is 11.5. The highest BCUT2D eigenvalue weighted by atomic mass is 32.1. The van der Waals surface area contributed by atoms with Crippen molar-refractivity contribution in [3.63, 3.8) is 0 Å². The van der Waals surface area contributed by atoms with Crippen LogP contribution in [0.15, 0.2) is 194 Å². The van der Waals surface area contributed by atoms with Crippen molar-refractivity contribution in [1.29, 1.82) is 0 Å². The molecule has 2 nitrogen and oxygen atoms in total. The van der Waals surface area contributed by atoms with Gasteiger partial charge in [0.05, 0.1) is 22.4 Å². The molecule has 3 heteroatoms. The van der Waals surface area contributed by atoms with Crippen LogP contribution in [0.1, 0.15) is 0 Å². The number of hydrogen-bond donors (Lipinski definition) is 0. The molecule has 0 amide bonds. The Balaban J connectivity index is 1.34. The summed E-state index contributed by atoms with van der Waals surface area (Å²) in [5.74, 6) is 0. The maximum atomic E-state index is 2.48. The first-order valence-electron chi connectivity index (χ1n) is 17.4. The molecule has 240 valence electrons. The van der Waals surface area contributed by atoms with Gasteiger partial charge in [0.15, 0.2) is 0 Å². The third kappa shape index (κ3) is 4.85. The second-order valence-corrected chi connectivity index (χ2v) is 14.0. The van der Waals surface area contributed by atoms with Gasteiger partial charge in [-0.25, -0.2) is 0 Å². The minimum absolute atomic E-state index is 1.12. The Labute approximate surface area is 300 Å². The Morgan fingerprint density at radius 3 is 1.80 bits per heavy atom. The maximum Gasteiger partial charge on any atom is 0.0782 e. The Bertz CT molecular complexity index is 2850. The topological polar surface area (TPSA) is 8.17 Å². The second kappa shape index (κ2) is 12.2. The molecular formula is C48H32N2S. The van der Waals surface area contributed by atoms with Crippen LogP contribution in [0, 0.1) is 0 Å². The van der Waals surface area contributed by atoms with E-state index in [1.165, 1.54) is 64.2 Å². The Morgan fingerprint density at radius 1 is 0.412 bits per heavy atom. The summed E-state index contributed by atoms with van der Waals surface area (Å²) in [6.07, 6.45) is 0. The van der Waals surface area contributed by atoms with Crippen molar-refractivity contribution in [3.05, 3.63) is 194 Å². The maximum absolute atomic E-state index is 2.48. The number of anilines is 3. The summed E-state index contributed by atoms with van der Waals surface area (Å²) in [5.41, 5.74) is 11.7. The summed E-state index contributed by atoms with van der Waals surface area (Å²) in [6.45, 7) is 0. The van der Waals surface area contributed by atoms with Gasteiger partial charge in [-0.3, -0.25) is 0 Å². The van der Waals surface area contributed by atoms with Gasteiger partial charge >= 0.3 is 0 Å². The van der Waals surface area contributed by atoms with Gasteiger partial charge in [0, 0.05) is 47.9 Å². The fourth-order valence-electron chi connectivity index (χ4n) is 7.77. The van der Waals surface area contributed by atoms with Gasteiger partial charge in [0.25, 0.3) is 0 Å². The molecule has 0 aliphatic heterocycles. The van der Waals surface area contributed by atoms with Gasteiger partial charge in [0.2, 0.25) is 0 Å². The molecule has 51 heavy (non-hydrogen) atoms. The Morgan fingerprint density at radius 2 is 1.00 bits per heavy atom. The molecule has 0 saturated heterocycles. The summed E-state index contributed by atoms with van der Waals surface area (Å²) in [5, 5.41) is 5.07. The number of aromatic nitrogens is 1. The van der Waals surface area contributed by atoms with Crippen molar-refractivity contribution >= 4 is 70.4 Å². The molecule has 10 rings (SSSR count). The molecule has 2 aromatic heterocycles. The van der Waals surface area contributed by atoms with Crippen LogP contribution in [-0.2, 0) is 0 Å². The number of thiophene rings is 1. The third-order valence-electron chi connectivity index (χ3n) is 9.98. The molecule has 0 aliphatic rings. The lowest BCUT2D eigenvalue weighted by Crippen LogP contribution is -2.12.